The monoisotopic (exact) mass is 334 g/mol. The van der Waals surface area contributed by atoms with Crippen LogP contribution in [0.2, 0.25) is 0 Å². The van der Waals surface area contributed by atoms with Crippen molar-refractivity contribution in [2.24, 2.45) is 23.7 Å². The lowest BCUT2D eigenvalue weighted by molar-refractivity contribution is 0.135. The van der Waals surface area contributed by atoms with E-state index < -0.39 is 0 Å². The lowest BCUT2D eigenvalue weighted by Gasteiger charge is -2.20. The molecule has 0 amide bonds. The van der Waals surface area contributed by atoms with Gasteiger partial charge in [0, 0.05) is 12.5 Å². The molecule has 0 aromatic carbocycles. The van der Waals surface area contributed by atoms with E-state index >= 15 is 0 Å². The fourth-order valence-electron chi connectivity index (χ4n) is 5.13. The molecule has 3 rings (SSSR count). The van der Waals surface area contributed by atoms with E-state index in [1.807, 2.05) is 6.08 Å². The van der Waals surface area contributed by atoms with Gasteiger partial charge in [-0.1, -0.05) is 43.1 Å². The SMILES string of the molecule is OCCCCCC1=C[C@H]2C[C@@H](O)[C@@H](C=C[C@@H](O)C3CCCC3)[C@H]2C1. The maximum absolute atomic E-state index is 10.4. The molecule has 2 saturated carbocycles. The molecule has 2 fully saturated rings. The molecule has 5 atom stereocenters. The van der Waals surface area contributed by atoms with Gasteiger partial charge in [0.05, 0.1) is 12.2 Å². The maximum atomic E-state index is 10.4. The highest BCUT2D eigenvalue weighted by atomic mass is 16.3. The van der Waals surface area contributed by atoms with E-state index in [0.717, 1.165) is 51.4 Å². The summed E-state index contributed by atoms with van der Waals surface area (Å²) in [6, 6.07) is 0. The van der Waals surface area contributed by atoms with Crippen LogP contribution in [-0.4, -0.2) is 34.1 Å². The second-order valence-electron chi connectivity index (χ2n) is 8.19. The van der Waals surface area contributed by atoms with Gasteiger partial charge in [-0.3, -0.25) is 0 Å². The average Bonchev–Trinajstić information content (AvgIpc) is 3.26. The van der Waals surface area contributed by atoms with E-state index in [2.05, 4.69) is 12.2 Å². The largest absolute Gasteiger partial charge is 0.396 e. The van der Waals surface area contributed by atoms with E-state index in [1.165, 1.54) is 12.8 Å². The van der Waals surface area contributed by atoms with Gasteiger partial charge >= 0.3 is 0 Å². The van der Waals surface area contributed by atoms with Crippen molar-refractivity contribution >= 4 is 0 Å². The minimum atomic E-state index is -0.328. The van der Waals surface area contributed by atoms with Crippen molar-refractivity contribution in [2.75, 3.05) is 6.61 Å². The Morgan fingerprint density at radius 2 is 1.96 bits per heavy atom. The van der Waals surface area contributed by atoms with Crippen LogP contribution in [0.25, 0.3) is 0 Å². The number of aliphatic hydroxyl groups excluding tert-OH is 3. The highest BCUT2D eigenvalue weighted by Crippen LogP contribution is 2.48. The summed E-state index contributed by atoms with van der Waals surface area (Å²) in [4.78, 5) is 0. The molecule has 136 valence electrons. The molecule has 0 aromatic rings. The van der Waals surface area contributed by atoms with E-state index in [4.69, 9.17) is 5.11 Å². The zero-order valence-corrected chi connectivity index (χ0v) is 14.8. The van der Waals surface area contributed by atoms with Crippen LogP contribution in [0.5, 0.6) is 0 Å². The number of hydrogen-bond donors (Lipinski definition) is 3. The Hall–Kier alpha value is -0.640. The van der Waals surface area contributed by atoms with Gasteiger partial charge in [0.15, 0.2) is 0 Å². The first-order chi connectivity index (χ1) is 11.7. The van der Waals surface area contributed by atoms with Crippen LogP contribution in [0.4, 0.5) is 0 Å². The third kappa shape index (κ3) is 4.30. The molecule has 0 saturated heterocycles. The van der Waals surface area contributed by atoms with Crippen molar-refractivity contribution in [1.82, 2.24) is 0 Å². The molecule has 3 aliphatic carbocycles. The molecule has 0 bridgehead atoms. The van der Waals surface area contributed by atoms with Gasteiger partial charge in [-0.2, -0.15) is 0 Å². The standard InChI is InChI=1S/C21H34O3/c22-11-5-1-2-6-15-12-17-14-21(24)18(19(17)13-15)9-10-20(23)16-7-3-4-8-16/h9-10,12,16-24H,1-8,11,13-14H2/t17-,18-,19-,20+,21+/m0/s1. The maximum Gasteiger partial charge on any atom is 0.0749 e. The average molecular weight is 335 g/mol. The molecule has 0 unspecified atom stereocenters. The van der Waals surface area contributed by atoms with E-state index in [9.17, 15) is 10.2 Å². The van der Waals surface area contributed by atoms with Crippen LogP contribution >= 0.6 is 0 Å². The molecule has 0 aromatic heterocycles. The van der Waals surface area contributed by atoms with Gasteiger partial charge in [0.2, 0.25) is 0 Å². The zero-order valence-electron chi connectivity index (χ0n) is 14.8. The smallest absolute Gasteiger partial charge is 0.0749 e. The zero-order chi connectivity index (χ0) is 16.9. The number of unbranched alkanes of at least 4 members (excludes halogenated alkanes) is 2. The lowest BCUT2D eigenvalue weighted by Crippen LogP contribution is -2.19. The second kappa shape index (κ2) is 8.64. The molecule has 3 aliphatic rings. The number of aliphatic hydroxyl groups is 3. The van der Waals surface area contributed by atoms with Crippen molar-refractivity contribution in [3.8, 4) is 0 Å². The fraction of sp³-hybridized carbons (Fsp3) is 0.810. The molecular weight excluding hydrogens is 300 g/mol. The quantitative estimate of drug-likeness (QED) is 0.469. The third-order valence-corrected chi connectivity index (χ3v) is 6.52. The highest BCUT2D eigenvalue weighted by Gasteiger charge is 2.43. The van der Waals surface area contributed by atoms with Crippen molar-refractivity contribution in [1.29, 1.82) is 0 Å². The first-order valence-corrected chi connectivity index (χ1v) is 10.0. The molecule has 3 nitrogen and oxygen atoms in total. The van der Waals surface area contributed by atoms with Crippen LogP contribution in [0.15, 0.2) is 23.8 Å². The fourth-order valence-corrected chi connectivity index (χ4v) is 5.13. The Labute approximate surface area is 146 Å². The predicted octanol–water partition coefficient (Wildman–Crippen LogP) is 3.59. The summed E-state index contributed by atoms with van der Waals surface area (Å²) in [6.07, 6.45) is 17.0. The lowest BCUT2D eigenvalue weighted by atomic mass is 9.88. The summed E-state index contributed by atoms with van der Waals surface area (Å²) >= 11 is 0. The Bertz CT molecular complexity index is 450. The second-order valence-corrected chi connectivity index (χ2v) is 8.19. The predicted molar refractivity (Wildman–Crippen MR) is 96.5 cm³/mol. The van der Waals surface area contributed by atoms with Gasteiger partial charge in [0.25, 0.3) is 0 Å². The number of hydrogen-bond acceptors (Lipinski definition) is 3. The summed E-state index contributed by atoms with van der Waals surface area (Å²) in [7, 11) is 0. The molecular formula is C21H34O3. The Balaban J connectivity index is 1.51. The van der Waals surface area contributed by atoms with Crippen LogP contribution in [0, 0.1) is 23.7 Å². The molecule has 0 radical (unpaired) electrons. The summed E-state index contributed by atoms with van der Waals surface area (Å²) in [5.41, 5.74) is 1.55. The summed E-state index contributed by atoms with van der Waals surface area (Å²) in [6.45, 7) is 0.298. The Morgan fingerprint density at radius 3 is 2.71 bits per heavy atom. The van der Waals surface area contributed by atoms with Crippen LogP contribution in [-0.2, 0) is 0 Å². The minimum absolute atomic E-state index is 0.206. The first-order valence-electron chi connectivity index (χ1n) is 10.0. The van der Waals surface area contributed by atoms with Gasteiger partial charge in [-0.25, -0.2) is 0 Å². The Kier molecular flexibility index (Phi) is 6.54. The van der Waals surface area contributed by atoms with E-state index in [0.29, 0.717) is 24.4 Å². The normalized spacial score (nSPS) is 34.9. The summed E-state index contributed by atoms with van der Waals surface area (Å²) in [5.74, 6) is 1.68. The molecule has 3 heteroatoms. The van der Waals surface area contributed by atoms with Crippen LogP contribution < -0.4 is 0 Å². The summed E-state index contributed by atoms with van der Waals surface area (Å²) < 4.78 is 0. The topological polar surface area (TPSA) is 60.7 Å². The number of rotatable bonds is 8. The highest BCUT2D eigenvalue weighted by molar-refractivity contribution is 5.21. The summed E-state index contributed by atoms with van der Waals surface area (Å²) in [5, 5.41) is 29.6. The number of allylic oxidation sites excluding steroid dienone is 2. The van der Waals surface area contributed by atoms with Gasteiger partial charge < -0.3 is 15.3 Å². The minimum Gasteiger partial charge on any atom is -0.396 e. The molecule has 0 heterocycles. The van der Waals surface area contributed by atoms with Crippen molar-refractivity contribution in [3.05, 3.63) is 23.8 Å². The molecule has 3 N–H and O–H groups in total. The van der Waals surface area contributed by atoms with Crippen molar-refractivity contribution < 1.29 is 15.3 Å². The first kappa shape index (κ1) is 18.2. The van der Waals surface area contributed by atoms with Gasteiger partial charge in [0.1, 0.15) is 0 Å². The van der Waals surface area contributed by atoms with Gasteiger partial charge in [-0.15, -0.1) is 0 Å². The Morgan fingerprint density at radius 1 is 1.17 bits per heavy atom. The van der Waals surface area contributed by atoms with Gasteiger partial charge in [-0.05, 0) is 62.7 Å². The van der Waals surface area contributed by atoms with Crippen LogP contribution in [0.1, 0.15) is 64.2 Å². The van der Waals surface area contributed by atoms with E-state index in [-0.39, 0.29) is 18.1 Å². The third-order valence-electron chi connectivity index (χ3n) is 6.52. The van der Waals surface area contributed by atoms with Crippen LogP contribution in [0.3, 0.4) is 0 Å². The van der Waals surface area contributed by atoms with Crippen molar-refractivity contribution in [3.63, 3.8) is 0 Å². The molecule has 0 spiro atoms. The van der Waals surface area contributed by atoms with E-state index in [1.54, 1.807) is 5.57 Å². The molecule has 0 aliphatic heterocycles. The van der Waals surface area contributed by atoms with Crippen molar-refractivity contribution in [2.45, 2.75) is 76.4 Å². The number of fused-ring (bicyclic) bond motifs is 1. The molecule has 24 heavy (non-hydrogen) atoms.